The number of thioether (sulfide) groups is 1. The Hall–Kier alpha value is -3.64. The Morgan fingerprint density at radius 1 is 1.28 bits per heavy atom. The molecule has 0 atom stereocenters. The fourth-order valence-electron chi connectivity index (χ4n) is 2.26. The molecule has 9 heteroatoms. The largest absolute Gasteiger partial charge is 0.462 e. The maximum Gasteiger partial charge on any atom is 0.348 e. The summed E-state index contributed by atoms with van der Waals surface area (Å²) < 4.78 is 4.77. The van der Waals surface area contributed by atoms with Gasteiger partial charge >= 0.3 is 5.97 Å². The molecule has 0 heterocycles. The van der Waals surface area contributed by atoms with Gasteiger partial charge in [0.05, 0.1) is 22.2 Å². The third-order valence-electron chi connectivity index (χ3n) is 3.52. The summed E-state index contributed by atoms with van der Waals surface area (Å²) in [6, 6.07) is 14.8. The number of nitro benzene ring substituents is 1. The van der Waals surface area contributed by atoms with Gasteiger partial charge < -0.3 is 10.1 Å². The third-order valence-corrected chi connectivity index (χ3v) is 4.59. The predicted molar refractivity (Wildman–Crippen MR) is 109 cm³/mol. The van der Waals surface area contributed by atoms with Crippen LogP contribution in [0.5, 0.6) is 0 Å². The van der Waals surface area contributed by atoms with E-state index in [1.54, 1.807) is 37.3 Å². The molecule has 0 unspecified atom stereocenters. The van der Waals surface area contributed by atoms with Crippen LogP contribution in [-0.2, 0) is 14.3 Å². The second kappa shape index (κ2) is 10.6. The van der Waals surface area contributed by atoms with Gasteiger partial charge in [-0.2, -0.15) is 5.26 Å². The molecular formula is C20H17N3O5S. The molecule has 0 aromatic heterocycles. The van der Waals surface area contributed by atoms with Gasteiger partial charge in [0.2, 0.25) is 5.91 Å². The van der Waals surface area contributed by atoms with Crippen LogP contribution in [0.3, 0.4) is 0 Å². The summed E-state index contributed by atoms with van der Waals surface area (Å²) in [6.45, 7) is 1.72. The number of esters is 1. The normalized spacial score (nSPS) is 10.7. The van der Waals surface area contributed by atoms with Crippen molar-refractivity contribution in [1.82, 2.24) is 0 Å². The van der Waals surface area contributed by atoms with Crippen molar-refractivity contribution in [2.45, 2.75) is 11.8 Å². The molecule has 0 fully saturated rings. The molecule has 0 aliphatic rings. The van der Waals surface area contributed by atoms with Crippen molar-refractivity contribution in [3.05, 3.63) is 69.8 Å². The van der Waals surface area contributed by atoms with Crippen LogP contribution in [0.2, 0.25) is 0 Å². The number of anilines is 1. The number of ether oxygens (including phenoxy) is 1. The van der Waals surface area contributed by atoms with Gasteiger partial charge in [-0.3, -0.25) is 14.9 Å². The number of nitro groups is 1. The van der Waals surface area contributed by atoms with Gasteiger partial charge in [0.25, 0.3) is 5.69 Å². The highest BCUT2D eigenvalue weighted by atomic mass is 32.2. The zero-order chi connectivity index (χ0) is 21.2. The van der Waals surface area contributed by atoms with Gasteiger partial charge in [-0.15, -0.1) is 11.8 Å². The molecule has 2 aromatic carbocycles. The van der Waals surface area contributed by atoms with Crippen LogP contribution < -0.4 is 5.32 Å². The molecule has 0 bridgehead atoms. The molecule has 2 rings (SSSR count). The van der Waals surface area contributed by atoms with Crippen molar-refractivity contribution in [3.8, 4) is 6.07 Å². The van der Waals surface area contributed by atoms with E-state index in [-0.39, 0.29) is 29.5 Å². The minimum atomic E-state index is -0.798. The summed E-state index contributed by atoms with van der Waals surface area (Å²) in [7, 11) is 0. The SMILES string of the molecule is CCOC(=O)/C(C#N)=C/c1ccc(SCC(=O)Nc2ccccc2)c([N+](=O)[O-])c1. The Bertz CT molecular complexity index is 983. The number of nitriles is 1. The Balaban J connectivity index is 2.15. The van der Waals surface area contributed by atoms with Crippen LogP contribution >= 0.6 is 11.8 Å². The number of benzene rings is 2. The molecule has 0 spiro atoms. The first kappa shape index (κ1) is 21.7. The highest BCUT2D eigenvalue weighted by Gasteiger charge is 2.17. The average molecular weight is 411 g/mol. The van der Waals surface area contributed by atoms with Gasteiger partial charge in [0.1, 0.15) is 11.6 Å². The smallest absolute Gasteiger partial charge is 0.348 e. The van der Waals surface area contributed by atoms with Gasteiger partial charge in [-0.1, -0.05) is 24.3 Å². The van der Waals surface area contributed by atoms with Crippen LogP contribution in [0.4, 0.5) is 11.4 Å². The lowest BCUT2D eigenvalue weighted by molar-refractivity contribution is -0.387. The second-order valence-electron chi connectivity index (χ2n) is 5.58. The third kappa shape index (κ3) is 6.48. The van der Waals surface area contributed by atoms with Crippen LogP contribution in [-0.4, -0.2) is 29.2 Å². The van der Waals surface area contributed by atoms with Crippen LogP contribution in [0, 0.1) is 21.4 Å². The molecule has 0 aliphatic carbocycles. The quantitative estimate of drug-likeness (QED) is 0.175. The lowest BCUT2D eigenvalue weighted by Crippen LogP contribution is -2.13. The number of nitrogens with zero attached hydrogens (tertiary/aromatic N) is 2. The fourth-order valence-corrected chi connectivity index (χ4v) is 3.07. The van der Waals surface area contributed by atoms with Crippen molar-refractivity contribution in [1.29, 1.82) is 5.26 Å². The molecule has 1 amide bonds. The molecule has 148 valence electrons. The van der Waals surface area contributed by atoms with E-state index < -0.39 is 10.9 Å². The Morgan fingerprint density at radius 3 is 2.62 bits per heavy atom. The molecular weight excluding hydrogens is 394 g/mol. The van der Waals surface area contributed by atoms with E-state index in [1.165, 1.54) is 24.3 Å². The number of hydrogen-bond acceptors (Lipinski definition) is 7. The van der Waals surface area contributed by atoms with Crippen molar-refractivity contribution in [2.75, 3.05) is 17.7 Å². The molecule has 0 saturated heterocycles. The zero-order valence-corrected chi connectivity index (χ0v) is 16.3. The van der Waals surface area contributed by atoms with Crippen molar-refractivity contribution in [2.24, 2.45) is 0 Å². The van der Waals surface area contributed by atoms with Crippen LogP contribution in [0.25, 0.3) is 6.08 Å². The molecule has 2 aromatic rings. The molecule has 0 saturated carbocycles. The summed E-state index contributed by atoms with van der Waals surface area (Å²) in [4.78, 5) is 34.9. The predicted octanol–water partition coefficient (Wildman–Crippen LogP) is 3.80. The van der Waals surface area contributed by atoms with E-state index >= 15 is 0 Å². The number of amides is 1. The Morgan fingerprint density at radius 2 is 2.00 bits per heavy atom. The molecule has 1 N–H and O–H groups in total. The molecule has 0 aliphatic heterocycles. The summed E-state index contributed by atoms with van der Waals surface area (Å²) in [5.74, 6) is -1.11. The maximum absolute atomic E-state index is 12.1. The summed E-state index contributed by atoms with van der Waals surface area (Å²) >= 11 is 1.02. The summed E-state index contributed by atoms with van der Waals surface area (Å²) in [5, 5.41) is 23.2. The van der Waals surface area contributed by atoms with Gasteiger partial charge in [0, 0.05) is 11.8 Å². The van der Waals surface area contributed by atoms with Crippen molar-refractivity contribution >= 4 is 41.1 Å². The van der Waals surface area contributed by atoms with E-state index in [0.29, 0.717) is 16.1 Å². The summed E-state index contributed by atoms with van der Waals surface area (Å²) in [5.41, 5.74) is 0.455. The monoisotopic (exact) mass is 411 g/mol. The van der Waals surface area contributed by atoms with E-state index in [9.17, 15) is 19.7 Å². The lowest BCUT2D eigenvalue weighted by Gasteiger charge is -2.06. The lowest BCUT2D eigenvalue weighted by atomic mass is 10.1. The standard InChI is InChI=1S/C20H17N3O5S/c1-2-28-20(25)15(12-21)10-14-8-9-18(17(11-14)23(26)27)29-13-19(24)22-16-6-4-3-5-7-16/h3-11H,2,13H2,1H3,(H,22,24)/b15-10+. The molecule has 0 radical (unpaired) electrons. The Kier molecular flexibility index (Phi) is 7.94. The zero-order valence-electron chi connectivity index (χ0n) is 15.5. The number of carbonyl (C=O) groups excluding carboxylic acids is 2. The number of hydrogen-bond donors (Lipinski definition) is 1. The summed E-state index contributed by atoms with van der Waals surface area (Å²) in [6.07, 6.45) is 1.22. The van der Waals surface area contributed by atoms with Gasteiger partial charge in [0.15, 0.2) is 0 Å². The first-order chi connectivity index (χ1) is 13.9. The second-order valence-corrected chi connectivity index (χ2v) is 6.59. The number of carbonyl (C=O) groups is 2. The minimum Gasteiger partial charge on any atom is -0.462 e. The average Bonchev–Trinajstić information content (AvgIpc) is 2.71. The maximum atomic E-state index is 12.1. The number of rotatable bonds is 8. The van der Waals surface area contributed by atoms with E-state index in [1.807, 2.05) is 6.07 Å². The first-order valence-corrected chi connectivity index (χ1v) is 9.48. The topological polar surface area (TPSA) is 122 Å². The Labute approximate surface area is 171 Å². The van der Waals surface area contributed by atoms with Crippen molar-refractivity contribution in [3.63, 3.8) is 0 Å². The van der Waals surface area contributed by atoms with E-state index in [0.717, 1.165) is 11.8 Å². The van der Waals surface area contributed by atoms with Crippen molar-refractivity contribution < 1.29 is 19.2 Å². The van der Waals surface area contributed by atoms with Crippen LogP contribution in [0.15, 0.2) is 59.0 Å². The van der Waals surface area contributed by atoms with Gasteiger partial charge in [-0.05, 0) is 36.8 Å². The molecule has 8 nitrogen and oxygen atoms in total. The highest BCUT2D eigenvalue weighted by molar-refractivity contribution is 8.00. The van der Waals surface area contributed by atoms with Gasteiger partial charge in [-0.25, -0.2) is 4.79 Å². The van der Waals surface area contributed by atoms with E-state index in [4.69, 9.17) is 10.00 Å². The fraction of sp³-hybridized carbons (Fsp3) is 0.150. The van der Waals surface area contributed by atoms with E-state index in [2.05, 4.69) is 5.32 Å². The molecule has 29 heavy (non-hydrogen) atoms. The minimum absolute atomic E-state index is 0.0167. The number of para-hydroxylation sites is 1. The highest BCUT2D eigenvalue weighted by Crippen LogP contribution is 2.31. The number of nitrogens with one attached hydrogen (secondary N) is 1. The van der Waals surface area contributed by atoms with Crippen LogP contribution in [0.1, 0.15) is 12.5 Å². The first-order valence-electron chi connectivity index (χ1n) is 8.49.